The summed E-state index contributed by atoms with van der Waals surface area (Å²) in [5.74, 6) is 1.69. The summed E-state index contributed by atoms with van der Waals surface area (Å²) in [5, 5.41) is 9.56. The monoisotopic (exact) mass is 599 g/mol. The Morgan fingerprint density at radius 2 is 2.02 bits per heavy atom. The number of benzene rings is 1. The Hall–Kier alpha value is -3.84. The van der Waals surface area contributed by atoms with Gasteiger partial charge in [-0.15, -0.1) is 0 Å². The normalized spacial score (nSPS) is 23.5. The Kier molecular flexibility index (Phi) is 9.22. The largest absolute Gasteiger partial charge is 0.497 e. The molecule has 1 amide bonds. The number of amides is 1. The topological polar surface area (TPSA) is 98.1 Å². The highest BCUT2D eigenvalue weighted by atomic mass is 16.5. The van der Waals surface area contributed by atoms with E-state index in [1.165, 1.54) is 29.3 Å². The number of aryl methyl sites for hydroxylation is 1. The number of carbonyl (C=O) groups excluding carboxylic acids is 1. The zero-order chi connectivity index (χ0) is 30.6. The van der Waals surface area contributed by atoms with Crippen LogP contribution in [-0.4, -0.2) is 96.8 Å². The van der Waals surface area contributed by atoms with Gasteiger partial charge >= 0.3 is 6.01 Å². The van der Waals surface area contributed by atoms with Crippen LogP contribution in [0, 0.1) is 11.3 Å². The van der Waals surface area contributed by atoms with Crippen LogP contribution >= 0.6 is 0 Å². The van der Waals surface area contributed by atoms with E-state index in [0.29, 0.717) is 44.3 Å². The van der Waals surface area contributed by atoms with Crippen molar-refractivity contribution in [3.8, 4) is 17.8 Å². The highest BCUT2D eigenvalue weighted by molar-refractivity contribution is 5.87. The summed E-state index contributed by atoms with van der Waals surface area (Å²) in [6, 6.07) is 9.68. The number of hydrogen-bond donors (Lipinski definition) is 0. The van der Waals surface area contributed by atoms with Crippen molar-refractivity contribution in [1.82, 2.24) is 19.8 Å². The Morgan fingerprint density at radius 1 is 1.14 bits per heavy atom. The molecule has 1 aromatic heterocycles. The molecule has 3 atom stereocenters. The van der Waals surface area contributed by atoms with Crippen molar-refractivity contribution in [3.63, 3.8) is 0 Å². The average molecular weight is 600 g/mol. The fourth-order valence-electron chi connectivity index (χ4n) is 7.66. The van der Waals surface area contributed by atoms with Crippen LogP contribution in [0.1, 0.15) is 55.8 Å². The highest BCUT2D eigenvalue weighted by Gasteiger charge is 2.35. The van der Waals surface area contributed by atoms with E-state index in [1.807, 2.05) is 0 Å². The number of hydrogen-bond acceptors (Lipinski definition) is 9. The van der Waals surface area contributed by atoms with Crippen LogP contribution in [0.4, 0.5) is 11.5 Å². The zero-order valence-electron chi connectivity index (χ0n) is 26.2. The molecule has 0 N–H and O–H groups in total. The lowest BCUT2D eigenvalue weighted by Gasteiger charge is -2.43. The van der Waals surface area contributed by atoms with Gasteiger partial charge in [-0.3, -0.25) is 9.69 Å². The number of ether oxygens (including phenoxy) is 2. The first kappa shape index (κ1) is 30.2. The van der Waals surface area contributed by atoms with E-state index in [1.54, 1.807) is 12.0 Å². The Balaban J connectivity index is 1.29. The molecule has 0 spiro atoms. The minimum Gasteiger partial charge on any atom is -0.497 e. The smallest absolute Gasteiger partial charge is 0.318 e. The van der Waals surface area contributed by atoms with Crippen molar-refractivity contribution in [2.24, 2.45) is 0 Å². The number of rotatable bonds is 9. The average Bonchev–Trinajstić information content (AvgIpc) is 3.53. The molecule has 0 saturated carbocycles. The van der Waals surface area contributed by atoms with Crippen LogP contribution in [0.5, 0.6) is 11.8 Å². The van der Waals surface area contributed by atoms with E-state index in [-0.39, 0.29) is 18.4 Å². The van der Waals surface area contributed by atoms with Crippen molar-refractivity contribution in [3.05, 3.63) is 47.7 Å². The van der Waals surface area contributed by atoms with Gasteiger partial charge in [-0.25, -0.2) is 0 Å². The van der Waals surface area contributed by atoms with E-state index >= 15 is 0 Å². The summed E-state index contributed by atoms with van der Waals surface area (Å²) in [4.78, 5) is 31.7. The molecule has 4 aliphatic rings. The molecule has 10 heteroatoms. The number of methoxy groups -OCH3 is 1. The molecule has 44 heavy (non-hydrogen) atoms. The summed E-state index contributed by atoms with van der Waals surface area (Å²) in [7, 11) is 1.73. The maximum absolute atomic E-state index is 12.6. The van der Waals surface area contributed by atoms with Crippen molar-refractivity contribution >= 4 is 17.4 Å². The summed E-state index contributed by atoms with van der Waals surface area (Å²) < 4.78 is 11.9. The van der Waals surface area contributed by atoms with Crippen LogP contribution in [0.15, 0.2) is 30.9 Å². The first-order chi connectivity index (χ1) is 21.5. The standard InChI is InChI=1S/C34H45N7O3/c1-4-32(42)41-19-18-39(22-26(41)14-15-35)33-29-12-10-25(40-17-6-8-24-20-28(43-3)11-13-31(24)40)21-30(29)36-34(37-33)44-23-27-9-7-16-38(27)5-2/h4,11,13,20,25-27H,1,5-10,12,14,16-19,21-23H2,2-3H3/t25?,26-,27-/m0/s1. The Morgan fingerprint density at radius 3 is 2.82 bits per heavy atom. The number of anilines is 2. The first-order valence-electron chi connectivity index (χ1n) is 16.3. The number of nitriles is 1. The molecule has 234 valence electrons. The maximum atomic E-state index is 12.6. The number of likely N-dealkylation sites (N-methyl/N-ethyl adjacent to an activating group) is 1. The molecule has 3 aliphatic heterocycles. The third kappa shape index (κ3) is 6.07. The predicted molar refractivity (Wildman–Crippen MR) is 170 cm³/mol. The molecule has 1 aliphatic carbocycles. The molecule has 1 unspecified atom stereocenters. The van der Waals surface area contributed by atoms with Crippen LogP contribution in [0.25, 0.3) is 0 Å². The summed E-state index contributed by atoms with van der Waals surface area (Å²) >= 11 is 0. The Labute approximate surface area is 261 Å². The number of aromatic nitrogens is 2. The van der Waals surface area contributed by atoms with Gasteiger partial charge in [0.25, 0.3) is 0 Å². The highest BCUT2D eigenvalue weighted by Crippen LogP contribution is 2.38. The van der Waals surface area contributed by atoms with Gasteiger partial charge in [0.15, 0.2) is 0 Å². The lowest BCUT2D eigenvalue weighted by Crippen LogP contribution is -2.55. The van der Waals surface area contributed by atoms with Crippen LogP contribution in [0.3, 0.4) is 0 Å². The second-order valence-electron chi connectivity index (χ2n) is 12.4. The third-order valence-corrected chi connectivity index (χ3v) is 9.97. The molecule has 1 aromatic carbocycles. The minimum atomic E-state index is -0.219. The van der Waals surface area contributed by atoms with Gasteiger partial charge < -0.3 is 24.2 Å². The number of piperazine rings is 1. The molecule has 6 rings (SSSR count). The van der Waals surface area contributed by atoms with E-state index in [0.717, 1.165) is 75.4 Å². The van der Waals surface area contributed by atoms with Gasteiger partial charge in [-0.1, -0.05) is 13.5 Å². The summed E-state index contributed by atoms with van der Waals surface area (Å²) in [5.41, 5.74) is 4.89. The van der Waals surface area contributed by atoms with Crippen molar-refractivity contribution in [2.45, 2.75) is 76.4 Å². The molecule has 2 saturated heterocycles. The zero-order valence-corrected chi connectivity index (χ0v) is 26.2. The molecule has 2 aromatic rings. The van der Waals surface area contributed by atoms with Gasteiger partial charge in [-0.05, 0) is 81.5 Å². The van der Waals surface area contributed by atoms with Gasteiger partial charge in [-0.2, -0.15) is 15.2 Å². The van der Waals surface area contributed by atoms with E-state index in [9.17, 15) is 10.1 Å². The third-order valence-electron chi connectivity index (χ3n) is 9.97. The summed E-state index contributed by atoms with van der Waals surface area (Å²) in [6.45, 7) is 11.3. The van der Waals surface area contributed by atoms with Crippen LogP contribution < -0.4 is 19.3 Å². The molecule has 0 bridgehead atoms. The number of fused-ring (bicyclic) bond motifs is 2. The van der Waals surface area contributed by atoms with Gasteiger partial charge in [0.1, 0.15) is 18.2 Å². The lowest BCUT2D eigenvalue weighted by molar-refractivity contribution is -0.128. The number of carbonyl (C=O) groups is 1. The van der Waals surface area contributed by atoms with Crippen LogP contribution in [0.2, 0.25) is 0 Å². The van der Waals surface area contributed by atoms with Gasteiger partial charge in [0, 0.05) is 55.9 Å². The molecule has 4 heterocycles. The van der Waals surface area contributed by atoms with Crippen molar-refractivity contribution in [2.75, 3.05) is 62.8 Å². The van der Waals surface area contributed by atoms with Gasteiger partial charge in [0.05, 0.1) is 31.3 Å². The van der Waals surface area contributed by atoms with Gasteiger partial charge in [0.2, 0.25) is 5.91 Å². The predicted octanol–water partition coefficient (Wildman–Crippen LogP) is 3.78. The minimum absolute atomic E-state index is 0.127. The fourth-order valence-corrected chi connectivity index (χ4v) is 7.66. The molecule has 2 fully saturated rings. The van der Waals surface area contributed by atoms with E-state index < -0.39 is 0 Å². The first-order valence-corrected chi connectivity index (χ1v) is 16.3. The molecular formula is C34H45N7O3. The van der Waals surface area contributed by atoms with E-state index in [4.69, 9.17) is 19.4 Å². The Bertz CT molecular complexity index is 1410. The maximum Gasteiger partial charge on any atom is 0.318 e. The lowest BCUT2D eigenvalue weighted by atomic mass is 9.88. The quantitative estimate of drug-likeness (QED) is 0.399. The number of likely N-dealkylation sites (tertiary alicyclic amines) is 1. The van der Waals surface area contributed by atoms with Crippen LogP contribution in [-0.2, 0) is 24.1 Å². The SMILES string of the molecule is C=CC(=O)N1CCN(c2nc(OC[C@@H]3CCCN3CC)nc3c2CCC(N2CCCc4cc(OC)ccc42)C3)C[C@@H]1CC#N. The molecular weight excluding hydrogens is 554 g/mol. The molecule has 0 radical (unpaired) electrons. The van der Waals surface area contributed by atoms with Crippen molar-refractivity contribution in [1.29, 1.82) is 5.26 Å². The van der Waals surface area contributed by atoms with E-state index in [2.05, 4.69) is 52.5 Å². The number of nitrogens with zero attached hydrogens (tertiary/aromatic N) is 7. The summed E-state index contributed by atoms with van der Waals surface area (Å²) in [6.07, 6.45) is 8.83. The fraction of sp³-hybridized carbons (Fsp3) is 0.588. The molecule has 10 nitrogen and oxygen atoms in total. The second-order valence-corrected chi connectivity index (χ2v) is 12.4. The second kappa shape index (κ2) is 13.4. The van der Waals surface area contributed by atoms with Crippen molar-refractivity contribution < 1.29 is 14.3 Å².